The molecule has 0 radical (unpaired) electrons. The molecule has 0 bridgehead atoms. The van der Waals surface area contributed by atoms with Gasteiger partial charge in [-0.15, -0.1) is 0 Å². The summed E-state index contributed by atoms with van der Waals surface area (Å²) in [5.74, 6) is 2.21. The van der Waals surface area contributed by atoms with Gasteiger partial charge in [0.2, 0.25) is 0 Å². The number of nitrogens with one attached hydrogen (secondary N) is 1. The maximum Gasteiger partial charge on any atom is 0.257 e. The molecule has 0 spiro atoms. The van der Waals surface area contributed by atoms with Gasteiger partial charge in [0.25, 0.3) is 5.82 Å². The van der Waals surface area contributed by atoms with Crippen molar-refractivity contribution in [2.45, 2.75) is 200 Å². The number of unbranched alkanes of at least 4 members (excludes halogenated alkanes) is 19. The Morgan fingerprint density at radius 1 is 0.528 bits per heavy atom. The number of hydrogen-bond donors (Lipinski definition) is 1. The summed E-state index contributed by atoms with van der Waals surface area (Å²) in [4.78, 5) is 3.65. The number of aromatic nitrogens is 2. The summed E-state index contributed by atoms with van der Waals surface area (Å²) in [6, 6.07) is 0.623. The molecule has 0 aliphatic carbocycles. The highest BCUT2D eigenvalue weighted by Gasteiger charge is 2.24. The molecule has 2 unspecified atom stereocenters. The molecule has 2 atom stereocenters. The molecule has 36 heavy (non-hydrogen) atoms. The van der Waals surface area contributed by atoms with E-state index in [-0.39, 0.29) is 0 Å². The highest BCUT2D eigenvalue weighted by atomic mass is 15.1. The van der Waals surface area contributed by atoms with Crippen molar-refractivity contribution >= 4 is 0 Å². The lowest BCUT2D eigenvalue weighted by molar-refractivity contribution is -0.727. The molecule has 0 fully saturated rings. The van der Waals surface area contributed by atoms with Crippen molar-refractivity contribution in [1.82, 2.24) is 4.98 Å². The van der Waals surface area contributed by atoms with E-state index in [1.54, 1.807) is 0 Å². The molecule has 2 heteroatoms. The van der Waals surface area contributed by atoms with Gasteiger partial charge in [-0.1, -0.05) is 156 Å². The third-order valence-electron chi connectivity index (χ3n) is 8.37. The summed E-state index contributed by atoms with van der Waals surface area (Å²) in [5.41, 5.74) is 0. The Morgan fingerprint density at radius 2 is 0.944 bits per heavy atom. The molecule has 0 aliphatic heterocycles. The number of rotatable bonds is 27. The highest BCUT2D eigenvalue weighted by molar-refractivity contribution is 4.90. The minimum atomic E-state index is 0.623. The standard InChI is InChI=1S/C34H66N2/c1-5-8-10-12-13-14-15-16-17-18-19-20-21-22-24-26-29-33(27-7-3)34-35-30-31-36(34)32(4)28-25-23-11-9-6-2/h30-33H,5-29H2,1-4H3/p+1. The average Bonchev–Trinajstić information content (AvgIpc) is 3.37. The van der Waals surface area contributed by atoms with Gasteiger partial charge in [0.15, 0.2) is 0 Å². The van der Waals surface area contributed by atoms with Crippen molar-refractivity contribution in [1.29, 1.82) is 0 Å². The van der Waals surface area contributed by atoms with Crippen LogP contribution in [0.5, 0.6) is 0 Å². The highest BCUT2D eigenvalue weighted by Crippen LogP contribution is 2.26. The van der Waals surface area contributed by atoms with Crippen molar-refractivity contribution < 1.29 is 4.57 Å². The molecular formula is C34H67N2+. The fourth-order valence-corrected chi connectivity index (χ4v) is 5.96. The maximum atomic E-state index is 3.65. The van der Waals surface area contributed by atoms with Crippen molar-refractivity contribution in [3.05, 3.63) is 18.2 Å². The number of imidazole rings is 1. The Labute approximate surface area is 227 Å². The zero-order valence-corrected chi connectivity index (χ0v) is 25.4. The third kappa shape index (κ3) is 16.9. The fourth-order valence-electron chi connectivity index (χ4n) is 5.96. The monoisotopic (exact) mass is 504 g/mol. The molecule has 212 valence electrons. The largest absolute Gasteiger partial charge is 0.257 e. The van der Waals surface area contributed by atoms with Crippen LogP contribution in [0.1, 0.15) is 206 Å². The van der Waals surface area contributed by atoms with Crippen molar-refractivity contribution in [2.24, 2.45) is 0 Å². The minimum Gasteiger partial charge on any atom is -0.247 e. The Kier molecular flexibility index (Phi) is 22.7. The molecule has 1 aromatic rings. The van der Waals surface area contributed by atoms with Crippen LogP contribution < -0.4 is 4.57 Å². The van der Waals surface area contributed by atoms with Crippen LogP contribution in [-0.2, 0) is 0 Å². The van der Waals surface area contributed by atoms with Gasteiger partial charge in [-0.25, -0.2) is 9.55 Å². The van der Waals surface area contributed by atoms with E-state index in [2.05, 4.69) is 49.6 Å². The van der Waals surface area contributed by atoms with Crippen LogP contribution in [-0.4, -0.2) is 4.98 Å². The van der Waals surface area contributed by atoms with Gasteiger partial charge in [-0.2, -0.15) is 0 Å². The Bertz CT molecular complexity index is 563. The molecule has 1 rings (SSSR count). The van der Waals surface area contributed by atoms with E-state index in [9.17, 15) is 0 Å². The lowest BCUT2D eigenvalue weighted by Crippen LogP contribution is -2.41. The smallest absolute Gasteiger partial charge is 0.247 e. The van der Waals surface area contributed by atoms with Crippen LogP contribution in [0.4, 0.5) is 0 Å². The van der Waals surface area contributed by atoms with E-state index in [1.165, 1.54) is 166 Å². The van der Waals surface area contributed by atoms with Crippen molar-refractivity contribution in [3.63, 3.8) is 0 Å². The Balaban J connectivity index is 2.11. The maximum absolute atomic E-state index is 3.65. The molecule has 2 nitrogen and oxygen atoms in total. The van der Waals surface area contributed by atoms with Crippen molar-refractivity contribution in [3.8, 4) is 0 Å². The SMILES string of the molecule is CCCCCCCCCCCCCCCCCCC(CCC)c1[nH]cc[n+]1C(C)CCCCCCC. The molecule has 1 heterocycles. The molecular weight excluding hydrogens is 436 g/mol. The molecule has 0 aliphatic rings. The fraction of sp³-hybridized carbons (Fsp3) is 0.912. The van der Waals surface area contributed by atoms with Crippen molar-refractivity contribution in [2.75, 3.05) is 0 Å². The second kappa shape index (κ2) is 24.5. The number of nitrogens with zero attached hydrogens (tertiary/aromatic N) is 1. The first-order valence-corrected chi connectivity index (χ1v) is 16.8. The zero-order chi connectivity index (χ0) is 26.1. The van der Waals surface area contributed by atoms with E-state index in [4.69, 9.17) is 0 Å². The van der Waals surface area contributed by atoms with Gasteiger partial charge in [0.1, 0.15) is 12.4 Å². The minimum absolute atomic E-state index is 0.623. The molecule has 1 aromatic heterocycles. The molecule has 0 saturated heterocycles. The predicted octanol–water partition coefficient (Wildman–Crippen LogP) is 11.8. The van der Waals surface area contributed by atoms with Gasteiger partial charge < -0.3 is 0 Å². The topological polar surface area (TPSA) is 19.7 Å². The van der Waals surface area contributed by atoms with Crippen LogP contribution in [0.25, 0.3) is 0 Å². The molecule has 1 N–H and O–H groups in total. The summed E-state index contributed by atoms with van der Waals surface area (Å²) >= 11 is 0. The van der Waals surface area contributed by atoms with Crippen LogP contribution in [0.15, 0.2) is 12.4 Å². The molecule has 0 aromatic carbocycles. The lowest BCUT2D eigenvalue weighted by Gasteiger charge is -2.16. The van der Waals surface area contributed by atoms with E-state index in [1.807, 2.05) is 0 Å². The normalized spacial score (nSPS) is 13.3. The first-order valence-electron chi connectivity index (χ1n) is 16.8. The van der Waals surface area contributed by atoms with Crippen LogP contribution >= 0.6 is 0 Å². The first kappa shape index (κ1) is 33.2. The zero-order valence-electron chi connectivity index (χ0n) is 25.4. The second-order valence-corrected chi connectivity index (χ2v) is 11.9. The molecule has 0 saturated carbocycles. The summed E-state index contributed by atoms with van der Waals surface area (Å²) in [6.45, 7) is 9.39. The quantitative estimate of drug-likeness (QED) is 0.0909. The number of hydrogen-bond acceptors (Lipinski definition) is 0. The summed E-state index contributed by atoms with van der Waals surface area (Å²) < 4.78 is 2.58. The average molecular weight is 504 g/mol. The van der Waals surface area contributed by atoms with Gasteiger partial charge >= 0.3 is 0 Å². The van der Waals surface area contributed by atoms with E-state index in [0.717, 1.165) is 0 Å². The van der Waals surface area contributed by atoms with Gasteiger partial charge in [-0.05, 0) is 32.6 Å². The third-order valence-corrected chi connectivity index (χ3v) is 8.37. The summed E-state index contributed by atoms with van der Waals surface area (Å²) in [5, 5.41) is 0. The van der Waals surface area contributed by atoms with Crippen LogP contribution in [0.3, 0.4) is 0 Å². The Hall–Kier alpha value is -0.790. The predicted molar refractivity (Wildman–Crippen MR) is 161 cm³/mol. The van der Waals surface area contributed by atoms with Gasteiger partial charge in [0.05, 0.1) is 12.0 Å². The second-order valence-electron chi connectivity index (χ2n) is 11.9. The lowest BCUT2D eigenvalue weighted by atomic mass is 9.94. The number of aromatic amines is 1. The summed E-state index contributed by atoms with van der Waals surface area (Å²) in [6.07, 6.45) is 39.9. The Morgan fingerprint density at radius 3 is 1.39 bits per heavy atom. The first-order chi connectivity index (χ1) is 17.7. The van der Waals surface area contributed by atoms with E-state index >= 15 is 0 Å². The van der Waals surface area contributed by atoms with E-state index < -0.39 is 0 Å². The van der Waals surface area contributed by atoms with Crippen LogP contribution in [0.2, 0.25) is 0 Å². The van der Waals surface area contributed by atoms with Gasteiger partial charge in [0, 0.05) is 0 Å². The van der Waals surface area contributed by atoms with Crippen LogP contribution in [0, 0.1) is 0 Å². The molecule has 0 amide bonds. The summed E-state index contributed by atoms with van der Waals surface area (Å²) in [7, 11) is 0. The number of H-pyrrole nitrogens is 1. The van der Waals surface area contributed by atoms with E-state index in [0.29, 0.717) is 12.0 Å². The van der Waals surface area contributed by atoms with Gasteiger partial charge in [-0.3, -0.25) is 0 Å².